The first-order valence-electron chi connectivity index (χ1n) is 7.08. The predicted molar refractivity (Wildman–Crippen MR) is 77.7 cm³/mol. The number of carbonyl (C=O) groups excluding carboxylic acids is 1. The third kappa shape index (κ3) is 3.56. The Balaban J connectivity index is 2.06. The summed E-state index contributed by atoms with van der Waals surface area (Å²) in [6.45, 7) is 1.76. The molecular weight excluding hydrogens is 256 g/mol. The van der Waals surface area contributed by atoms with E-state index in [1.165, 1.54) is 5.56 Å². The lowest BCUT2D eigenvalue weighted by atomic mass is 10.0. The fourth-order valence-electron chi connectivity index (χ4n) is 2.62. The van der Waals surface area contributed by atoms with Gasteiger partial charge < -0.3 is 15.1 Å². The van der Waals surface area contributed by atoms with Crippen molar-refractivity contribution in [1.82, 2.24) is 4.90 Å². The Labute approximate surface area is 119 Å². The Morgan fingerprint density at radius 2 is 1.90 bits per heavy atom. The van der Waals surface area contributed by atoms with Crippen LogP contribution in [-0.4, -0.2) is 60.4 Å². The molecule has 1 aliphatic heterocycles. The number of carbonyl (C=O) groups is 1. The summed E-state index contributed by atoms with van der Waals surface area (Å²) in [5, 5.41) is 18.0. The van der Waals surface area contributed by atoms with E-state index in [-0.39, 0.29) is 25.7 Å². The maximum absolute atomic E-state index is 12.4. The first kappa shape index (κ1) is 15.0. The van der Waals surface area contributed by atoms with Crippen molar-refractivity contribution < 1.29 is 15.0 Å². The molecule has 2 N–H and O–H groups in total. The van der Waals surface area contributed by atoms with Gasteiger partial charge in [0.15, 0.2) is 0 Å². The molecule has 0 spiro atoms. The SMILES string of the molecule is O=C(CN(CCO)CCO)N1CCCc2ccccc21. The second-order valence-corrected chi connectivity index (χ2v) is 5.00. The number of aryl methyl sites for hydroxylation is 1. The van der Waals surface area contributed by atoms with Gasteiger partial charge in [-0.2, -0.15) is 0 Å². The van der Waals surface area contributed by atoms with Crippen LogP contribution in [0, 0.1) is 0 Å². The predicted octanol–water partition coefficient (Wildman–Crippen LogP) is 0.252. The summed E-state index contributed by atoms with van der Waals surface area (Å²) in [5.41, 5.74) is 2.21. The summed E-state index contributed by atoms with van der Waals surface area (Å²) in [6, 6.07) is 7.99. The quantitative estimate of drug-likeness (QED) is 0.783. The van der Waals surface area contributed by atoms with Crippen LogP contribution in [-0.2, 0) is 11.2 Å². The molecule has 0 atom stereocenters. The van der Waals surface area contributed by atoms with Gasteiger partial charge in [-0.15, -0.1) is 0 Å². The van der Waals surface area contributed by atoms with Gasteiger partial charge in [0.25, 0.3) is 0 Å². The number of fused-ring (bicyclic) bond motifs is 1. The molecule has 110 valence electrons. The zero-order valence-corrected chi connectivity index (χ0v) is 11.7. The summed E-state index contributed by atoms with van der Waals surface area (Å²) in [5.74, 6) is 0.0269. The van der Waals surface area contributed by atoms with E-state index in [9.17, 15) is 4.79 Å². The van der Waals surface area contributed by atoms with Crippen molar-refractivity contribution in [2.45, 2.75) is 12.8 Å². The molecule has 0 aliphatic carbocycles. The van der Waals surface area contributed by atoms with Crippen LogP contribution in [0.25, 0.3) is 0 Å². The van der Waals surface area contributed by atoms with Crippen LogP contribution in [0.1, 0.15) is 12.0 Å². The zero-order valence-electron chi connectivity index (χ0n) is 11.7. The van der Waals surface area contributed by atoms with Gasteiger partial charge in [0.05, 0.1) is 19.8 Å². The lowest BCUT2D eigenvalue weighted by molar-refractivity contribution is -0.120. The number of aliphatic hydroxyl groups excluding tert-OH is 2. The van der Waals surface area contributed by atoms with Gasteiger partial charge >= 0.3 is 0 Å². The van der Waals surface area contributed by atoms with Crippen molar-refractivity contribution in [2.75, 3.05) is 44.3 Å². The maximum Gasteiger partial charge on any atom is 0.241 e. The van der Waals surface area contributed by atoms with Crippen LogP contribution in [0.3, 0.4) is 0 Å². The van der Waals surface area contributed by atoms with Gasteiger partial charge in [-0.3, -0.25) is 9.69 Å². The molecule has 1 aromatic carbocycles. The molecular formula is C15H22N2O3. The number of hydrogen-bond acceptors (Lipinski definition) is 4. The smallest absolute Gasteiger partial charge is 0.241 e. The Morgan fingerprint density at radius 1 is 1.20 bits per heavy atom. The van der Waals surface area contributed by atoms with E-state index >= 15 is 0 Å². The van der Waals surface area contributed by atoms with Crippen LogP contribution < -0.4 is 4.90 Å². The zero-order chi connectivity index (χ0) is 14.4. The molecule has 0 unspecified atom stereocenters. The number of amides is 1. The maximum atomic E-state index is 12.4. The summed E-state index contributed by atoms with van der Waals surface area (Å²) in [7, 11) is 0. The number of benzene rings is 1. The van der Waals surface area contributed by atoms with Gasteiger partial charge in [0.1, 0.15) is 0 Å². The monoisotopic (exact) mass is 278 g/mol. The first-order valence-corrected chi connectivity index (χ1v) is 7.08. The number of aliphatic hydroxyl groups is 2. The molecule has 0 bridgehead atoms. The Hall–Kier alpha value is -1.43. The van der Waals surface area contributed by atoms with E-state index in [0.29, 0.717) is 13.1 Å². The average molecular weight is 278 g/mol. The summed E-state index contributed by atoms with van der Waals surface area (Å²) < 4.78 is 0. The lowest BCUT2D eigenvalue weighted by Crippen LogP contribution is -2.44. The van der Waals surface area contributed by atoms with Crippen LogP contribution in [0.4, 0.5) is 5.69 Å². The van der Waals surface area contributed by atoms with E-state index in [4.69, 9.17) is 10.2 Å². The molecule has 0 saturated heterocycles. The van der Waals surface area contributed by atoms with Crippen LogP contribution in [0.5, 0.6) is 0 Å². The molecule has 5 nitrogen and oxygen atoms in total. The first-order chi connectivity index (χ1) is 9.76. The fourth-order valence-corrected chi connectivity index (χ4v) is 2.62. The molecule has 20 heavy (non-hydrogen) atoms. The molecule has 2 rings (SSSR count). The number of anilines is 1. The van der Waals surface area contributed by atoms with E-state index in [0.717, 1.165) is 25.1 Å². The molecule has 0 radical (unpaired) electrons. The highest BCUT2D eigenvalue weighted by atomic mass is 16.3. The highest BCUT2D eigenvalue weighted by molar-refractivity contribution is 5.95. The van der Waals surface area contributed by atoms with Crippen molar-refractivity contribution in [2.24, 2.45) is 0 Å². The van der Waals surface area contributed by atoms with Crippen LogP contribution in [0.15, 0.2) is 24.3 Å². The Kier molecular flexibility index (Phi) is 5.52. The second kappa shape index (κ2) is 7.38. The molecule has 1 aliphatic rings. The molecule has 5 heteroatoms. The van der Waals surface area contributed by atoms with Crippen molar-refractivity contribution in [3.05, 3.63) is 29.8 Å². The van der Waals surface area contributed by atoms with Gasteiger partial charge in [-0.1, -0.05) is 18.2 Å². The fraction of sp³-hybridized carbons (Fsp3) is 0.533. The highest BCUT2D eigenvalue weighted by Gasteiger charge is 2.23. The lowest BCUT2D eigenvalue weighted by Gasteiger charge is -2.31. The van der Waals surface area contributed by atoms with E-state index in [2.05, 4.69) is 6.07 Å². The molecule has 0 saturated carbocycles. The van der Waals surface area contributed by atoms with Gasteiger partial charge in [0, 0.05) is 25.3 Å². The topological polar surface area (TPSA) is 64.0 Å². The minimum absolute atomic E-state index is 0.0101. The number of para-hydroxylation sites is 1. The van der Waals surface area contributed by atoms with E-state index in [1.807, 2.05) is 23.1 Å². The number of nitrogens with zero attached hydrogens (tertiary/aromatic N) is 2. The second-order valence-electron chi connectivity index (χ2n) is 5.00. The third-order valence-corrected chi connectivity index (χ3v) is 3.60. The van der Waals surface area contributed by atoms with Gasteiger partial charge in [-0.05, 0) is 24.5 Å². The molecule has 1 amide bonds. The molecule has 1 aromatic rings. The van der Waals surface area contributed by atoms with E-state index < -0.39 is 0 Å². The van der Waals surface area contributed by atoms with Gasteiger partial charge in [0.2, 0.25) is 5.91 Å². The van der Waals surface area contributed by atoms with E-state index in [1.54, 1.807) is 4.90 Å². The van der Waals surface area contributed by atoms with Gasteiger partial charge in [-0.25, -0.2) is 0 Å². The third-order valence-electron chi connectivity index (χ3n) is 3.60. The van der Waals surface area contributed by atoms with Crippen LogP contribution >= 0.6 is 0 Å². The average Bonchev–Trinajstić information content (AvgIpc) is 2.47. The van der Waals surface area contributed by atoms with Crippen molar-refractivity contribution in [3.63, 3.8) is 0 Å². The minimum atomic E-state index is -0.0101. The summed E-state index contributed by atoms with van der Waals surface area (Å²) in [6.07, 6.45) is 1.99. The highest BCUT2D eigenvalue weighted by Crippen LogP contribution is 2.26. The Bertz CT molecular complexity index is 444. The largest absolute Gasteiger partial charge is 0.395 e. The van der Waals surface area contributed by atoms with Crippen LogP contribution in [0.2, 0.25) is 0 Å². The van der Waals surface area contributed by atoms with Crippen molar-refractivity contribution in [3.8, 4) is 0 Å². The normalized spacial score (nSPS) is 14.4. The Morgan fingerprint density at radius 3 is 2.60 bits per heavy atom. The standard InChI is InChI=1S/C15H22N2O3/c18-10-8-16(9-11-19)12-15(20)17-7-3-5-13-4-1-2-6-14(13)17/h1-2,4,6,18-19H,3,5,7-12H2. The summed E-state index contributed by atoms with van der Waals surface area (Å²) in [4.78, 5) is 16.0. The number of hydrogen-bond donors (Lipinski definition) is 2. The minimum Gasteiger partial charge on any atom is -0.395 e. The van der Waals surface area contributed by atoms with Crippen molar-refractivity contribution >= 4 is 11.6 Å². The molecule has 0 aromatic heterocycles. The summed E-state index contributed by atoms with van der Waals surface area (Å²) >= 11 is 0. The molecule has 1 heterocycles. The molecule has 0 fully saturated rings. The number of rotatable bonds is 6. The van der Waals surface area contributed by atoms with Crippen molar-refractivity contribution in [1.29, 1.82) is 0 Å².